The van der Waals surface area contributed by atoms with E-state index < -0.39 is 17.7 Å². The van der Waals surface area contributed by atoms with Gasteiger partial charge in [0.2, 0.25) is 0 Å². The van der Waals surface area contributed by atoms with Crippen molar-refractivity contribution >= 4 is 34.9 Å². The van der Waals surface area contributed by atoms with E-state index in [2.05, 4.69) is 4.98 Å². The second-order valence-corrected chi connectivity index (χ2v) is 7.08. The lowest BCUT2D eigenvalue weighted by atomic mass is 9.95. The zero-order valence-corrected chi connectivity index (χ0v) is 16.7. The number of aromatic nitrogens is 1. The average Bonchev–Trinajstić information content (AvgIpc) is 3.04. The summed E-state index contributed by atoms with van der Waals surface area (Å²) in [7, 11) is 1.51. The third kappa shape index (κ3) is 3.42. The first-order chi connectivity index (χ1) is 14.5. The average molecular weight is 421 g/mol. The topological polar surface area (TPSA) is 79.7 Å². The first-order valence-electron chi connectivity index (χ1n) is 9.13. The van der Waals surface area contributed by atoms with Crippen LogP contribution in [0.3, 0.4) is 0 Å². The summed E-state index contributed by atoms with van der Waals surface area (Å²) >= 11 is 6.17. The molecule has 1 aliphatic rings. The first kappa shape index (κ1) is 19.7. The van der Waals surface area contributed by atoms with E-state index in [1.807, 2.05) is 0 Å². The second kappa shape index (κ2) is 8.00. The van der Waals surface area contributed by atoms with Crippen LogP contribution in [-0.2, 0) is 9.59 Å². The maximum Gasteiger partial charge on any atom is 0.301 e. The molecule has 1 N–H and O–H groups in total. The fourth-order valence-electron chi connectivity index (χ4n) is 3.48. The van der Waals surface area contributed by atoms with E-state index in [4.69, 9.17) is 16.3 Å². The summed E-state index contributed by atoms with van der Waals surface area (Å²) in [6, 6.07) is 17.7. The van der Waals surface area contributed by atoms with Crippen molar-refractivity contribution < 1.29 is 19.4 Å². The number of Topliss-reactive ketones (excluding diaryl/α,β-unsaturated/α-hetero) is 1. The summed E-state index contributed by atoms with van der Waals surface area (Å²) in [5.74, 6) is -1.06. The van der Waals surface area contributed by atoms with Crippen LogP contribution in [0.25, 0.3) is 5.76 Å². The molecule has 0 radical (unpaired) electrons. The maximum atomic E-state index is 13.0. The molecular formula is C23H17ClN2O4. The Morgan fingerprint density at radius 3 is 2.57 bits per heavy atom. The Balaban J connectivity index is 1.95. The van der Waals surface area contributed by atoms with Crippen LogP contribution in [-0.4, -0.2) is 28.9 Å². The quantitative estimate of drug-likeness (QED) is 0.385. The van der Waals surface area contributed by atoms with Gasteiger partial charge >= 0.3 is 5.91 Å². The Morgan fingerprint density at radius 2 is 1.87 bits per heavy atom. The van der Waals surface area contributed by atoms with Crippen LogP contribution in [0.15, 0.2) is 78.5 Å². The van der Waals surface area contributed by atoms with Crippen LogP contribution in [0.4, 0.5) is 5.82 Å². The lowest BCUT2D eigenvalue weighted by Crippen LogP contribution is -2.30. The van der Waals surface area contributed by atoms with Gasteiger partial charge in [-0.1, -0.05) is 41.9 Å². The molecule has 2 aromatic carbocycles. The van der Waals surface area contributed by atoms with E-state index >= 15 is 0 Å². The number of carbonyl (C=O) groups is 2. The van der Waals surface area contributed by atoms with E-state index in [0.717, 1.165) is 0 Å². The summed E-state index contributed by atoms with van der Waals surface area (Å²) < 4.78 is 5.21. The number of hydrogen-bond acceptors (Lipinski definition) is 5. The van der Waals surface area contributed by atoms with E-state index in [1.54, 1.807) is 66.7 Å². The first-order valence-corrected chi connectivity index (χ1v) is 9.51. The van der Waals surface area contributed by atoms with Crippen molar-refractivity contribution in [2.24, 2.45) is 0 Å². The Morgan fingerprint density at radius 1 is 1.07 bits per heavy atom. The van der Waals surface area contributed by atoms with Gasteiger partial charge < -0.3 is 9.84 Å². The third-order valence-electron chi connectivity index (χ3n) is 4.85. The summed E-state index contributed by atoms with van der Waals surface area (Å²) in [5, 5.41) is 11.5. The number of rotatable bonds is 4. The molecule has 0 aliphatic carbocycles. The SMILES string of the molecule is COc1cccc(/C(O)=C2\C(=O)C(=O)N(c3ccccn3)[C@H]2c2cccc(Cl)c2)c1. The molecule has 2 heterocycles. The Labute approximate surface area is 178 Å². The van der Waals surface area contributed by atoms with Crippen LogP contribution < -0.4 is 9.64 Å². The number of carbonyl (C=O) groups excluding carboxylic acids is 2. The second-order valence-electron chi connectivity index (χ2n) is 6.64. The van der Waals surface area contributed by atoms with Crippen molar-refractivity contribution in [2.45, 2.75) is 6.04 Å². The smallest absolute Gasteiger partial charge is 0.301 e. The highest BCUT2D eigenvalue weighted by Gasteiger charge is 2.47. The molecule has 150 valence electrons. The van der Waals surface area contributed by atoms with Crippen LogP contribution in [0.2, 0.25) is 5.02 Å². The fraction of sp³-hybridized carbons (Fsp3) is 0.0870. The van der Waals surface area contributed by atoms with Gasteiger partial charge in [-0.2, -0.15) is 0 Å². The van der Waals surface area contributed by atoms with Gasteiger partial charge in [0.25, 0.3) is 5.78 Å². The number of benzene rings is 2. The lowest BCUT2D eigenvalue weighted by molar-refractivity contribution is -0.132. The number of aliphatic hydroxyl groups is 1. The van der Waals surface area contributed by atoms with Crippen molar-refractivity contribution in [1.29, 1.82) is 0 Å². The monoisotopic (exact) mass is 420 g/mol. The predicted octanol–water partition coefficient (Wildman–Crippen LogP) is 4.37. The van der Waals surface area contributed by atoms with Crippen LogP contribution >= 0.6 is 11.6 Å². The predicted molar refractivity (Wildman–Crippen MR) is 113 cm³/mol. The van der Waals surface area contributed by atoms with Crippen molar-refractivity contribution in [3.63, 3.8) is 0 Å². The van der Waals surface area contributed by atoms with Crippen LogP contribution in [0, 0.1) is 0 Å². The van der Waals surface area contributed by atoms with Crippen molar-refractivity contribution in [1.82, 2.24) is 4.98 Å². The number of anilines is 1. The molecule has 1 saturated heterocycles. The Bertz CT molecular complexity index is 1160. The van der Waals surface area contributed by atoms with Crippen molar-refractivity contribution in [3.8, 4) is 5.75 Å². The molecule has 1 aliphatic heterocycles. The molecule has 3 aromatic rings. The van der Waals surface area contributed by atoms with Gasteiger partial charge in [0.1, 0.15) is 17.3 Å². The van der Waals surface area contributed by atoms with Crippen molar-refractivity contribution in [3.05, 3.63) is 94.6 Å². The van der Waals surface area contributed by atoms with Crippen LogP contribution in [0.1, 0.15) is 17.2 Å². The number of hydrogen-bond donors (Lipinski definition) is 1. The molecule has 0 unspecified atom stereocenters. The minimum Gasteiger partial charge on any atom is -0.507 e. The Hall–Kier alpha value is -3.64. The van der Waals surface area contributed by atoms with Gasteiger partial charge in [-0.3, -0.25) is 14.5 Å². The van der Waals surface area contributed by atoms with E-state index in [1.165, 1.54) is 18.2 Å². The highest BCUT2D eigenvalue weighted by Crippen LogP contribution is 2.42. The van der Waals surface area contributed by atoms with Gasteiger partial charge in [0.05, 0.1) is 18.7 Å². The molecule has 7 heteroatoms. The normalized spacial score (nSPS) is 17.9. The molecule has 1 atom stereocenters. The van der Waals surface area contributed by atoms with E-state index in [0.29, 0.717) is 27.7 Å². The number of ketones is 1. The fourth-order valence-corrected chi connectivity index (χ4v) is 3.68. The zero-order valence-electron chi connectivity index (χ0n) is 15.9. The molecule has 4 rings (SSSR count). The van der Waals surface area contributed by atoms with Gasteiger partial charge in [0, 0.05) is 16.8 Å². The van der Waals surface area contributed by atoms with Gasteiger partial charge in [-0.05, 0) is 42.0 Å². The molecule has 0 saturated carbocycles. The minimum atomic E-state index is -0.884. The van der Waals surface area contributed by atoms with Gasteiger partial charge in [-0.15, -0.1) is 0 Å². The molecule has 30 heavy (non-hydrogen) atoms. The Kier molecular flexibility index (Phi) is 5.25. The van der Waals surface area contributed by atoms with Crippen LogP contribution in [0.5, 0.6) is 5.75 Å². The summed E-state index contributed by atoms with van der Waals surface area (Å²) in [4.78, 5) is 31.5. The number of nitrogens with zero attached hydrogens (tertiary/aromatic N) is 2. The zero-order chi connectivity index (χ0) is 21.3. The van der Waals surface area contributed by atoms with E-state index in [-0.39, 0.29) is 11.3 Å². The summed E-state index contributed by atoms with van der Waals surface area (Å²) in [5.41, 5.74) is 0.901. The third-order valence-corrected chi connectivity index (χ3v) is 5.08. The number of ether oxygens (including phenoxy) is 1. The van der Waals surface area contributed by atoms with Crippen molar-refractivity contribution in [2.75, 3.05) is 12.0 Å². The van der Waals surface area contributed by atoms with Gasteiger partial charge in [0.15, 0.2) is 0 Å². The molecule has 6 nitrogen and oxygen atoms in total. The number of pyridine rings is 1. The number of halogens is 1. The number of methoxy groups -OCH3 is 1. The maximum absolute atomic E-state index is 13.0. The molecule has 1 aromatic heterocycles. The van der Waals surface area contributed by atoms with E-state index in [9.17, 15) is 14.7 Å². The summed E-state index contributed by atoms with van der Waals surface area (Å²) in [6.07, 6.45) is 1.53. The highest BCUT2D eigenvalue weighted by atomic mass is 35.5. The number of aliphatic hydroxyl groups excluding tert-OH is 1. The lowest BCUT2D eigenvalue weighted by Gasteiger charge is -2.24. The molecule has 1 fully saturated rings. The minimum absolute atomic E-state index is 0.0406. The molecule has 0 bridgehead atoms. The molecule has 1 amide bonds. The summed E-state index contributed by atoms with van der Waals surface area (Å²) in [6.45, 7) is 0. The largest absolute Gasteiger partial charge is 0.507 e. The van der Waals surface area contributed by atoms with Gasteiger partial charge in [-0.25, -0.2) is 4.98 Å². The molecular weight excluding hydrogens is 404 g/mol. The number of amides is 1. The molecule has 0 spiro atoms. The standard InChI is InChI=1S/C23H17ClN2O4/c1-30-17-9-5-7-15(13-17)21(27)19-20(14-6-4-8-16(24)12-14)26(23(29)22(19)28)18-10-2-3-11-25-18/h2-13,20,27H,1H3/b21-19+/t20-/m0/s1. The highest BCUT2D eigenvalue weighted by molar-refractivity contribution is 6.51.